The van der Waals surface area contributed by atoms with Gasteiger partial charge in [-0.1, -0.05) is 19.1 Å². The van der Waals surface area contributed by atoms with Crippen LogP contribution in [0.3, 0.4) is 0 Å². The summed E-state index contributed by atoms with van der Waals surface area (Å²) < 4.78 is 10.7. The number of nitrogens with zero attached hydrogens (tertiary/aromatic N) is 2. The first-order chi connectivity index (χ1) is 13.5. The fourth-order valence-corrected chi connectivity index (χ4v) is 3.14. The first-order valence-electron chi connectivity index (χ1n) is 9.57. The molecule has 0 saturated heterocycles. The van der Waals surface area contributed by atoms with Gasteiger partial charge in [-0.25, -0.2) is 0 Å². The molecule has 0 bridgehead atoms. The Labute approximate surface area is 191 Å². The average Bonchev–Trinajstić information content (AvgIpc) is 2.72. The van der Waals surface area contributed by atoms with Crippen LogP contribution < -0.4 is 20.1 Å². The molecule has 0 aliphatic rings. The van der Waals surface area contributed by atoms with Gasteiger partial charge in [-0.3, -0.25) is 9.98 Å². The van der Waals surface area contributed by atoms with Gasteiger partial charge < -0.3 is 20.1 Å². The van der Waals surface area contributed by atoms with E-state index in [1.807, 2.05) is 32.2 Å². The fourth-order valence-electron chi connectivity index (χ4n) is 3.14. The highest BCUT2D eigenvalue weighted by Crippen LogP contribution is 2.24. The van der Waals surface area contributed by atoms with E-state index in [0.717, 1.165) is 47.2 Å². The summed E-state index contributed by atoms with van der Waals surface area (Å²) in [6.07, 6.45) is 2.85. The zero-order chi connectivity index (χ0) is 20.5. The lowest BCUT2D eigenvalue weighted by Gasteiger charge is -2.17. The highest BCUT2D eigenvalue weighted by Gasteiger charge is 2.10. The number of methoxy groups -OCH3 is 2. The zero-order valence-electron chi connectivity index (χ0n) is 18.2. The van der Waals surface area contributed by atoms with Crippen molar-refractivity contribution in [3.8, 4) is 11.5 Å². The molecule has 2 rings (SSSR count). The van der Waals surface area contributed by atoms with Gasteiger partial charge in [0.2, 0.25) is 0 Å². The van der Waals surface area contributed by atoms with E-state index in [0.29, 0.717) is 12.5 Å². The molecule has 1 aromatic heterocycles. The first-order valence-corrected chi connectivity index (χ1v) is 9.57. The van der Waals surface area contributed by atoms with Crippen LogP contribution in [0, 0.1) is 13.8 Å². The zero-order valence-corrected chi connectivity index (χ0v) is 20.5. The Hall–Kier alpha value is -2.03. The number of hydrogen-bond donors (Lipinski definition) is 2. The SMILES string of the molecule is CN=C(NCCC(C)c1ccc(OC)cc1)NCc1ncc(C)c(OC)c1C.I. The van der Waals surface area contributed by atoms with E-state index in [9.17, 15) is 0 Å². The van der Waals surface area contributed by atoms with Crippen LogP contribution in [0.4, 0.5) is 0 Å². The van der Waals surface area contributed by atoms with Gasteiger partial charge in [-0.15, -0.1) is 24.0 Å². The third-order valence-electron chi connectivity index (χ3n) is 4.95. The summed E-state index contributed by atoms with van der Waals surface area (Å²) >= 11 is 0. The molecule has 7 heteroatoms. The number of benzene rings is 1. The van der Waals surface area contributed by atoms with E-state index in [-0.39, 0.29) is 24.0 Å². The summed E-state index contributed by atoms with van der Waals surface area (Å²) in [6.45, 7) is 7.68. The minimum absolute atomic E-state index is 0. The van der Waals surface area contributed by atoms with E-state index in [4.69, 9.17) is 9.47 Å². The monoisotopic (exact) mass is 512 g/mol. The van der Waals surface area contributed by atoms with Crippen molar-refractivity contribution in [3.05, 3.63) is 52.8 Å². The summed E-state index contributed by atoms with van der Waals surface area (Å²) in [5.41, 5.74) is 4.35. The molecule has 2 N–H and O–H groups in total. The quantitative estimate of drug-likeness (QED) is 0.316. The lowest BCUT2D eigenvalue weighted by Crippen LogP contribution is -2.38. The topological polar surface area (TPSA) is 67.8 Å². The standard InChI is InChI=1S/C22H32N4O2.HI/c1-15(18-7-9-19(27-5)10-8-18)11-12-24-22(23-4)26-14-20-17(3)21(28-6)16(2)13-25-20;/h7-10,13,15H,11-12,14H2,1-6H3,(H2,23,24,26);1H. The molecule has 1 unspecified atom stereocenters. The maximum Gasteiger partial charge on any atom is 0.191 e. The molecule has 0 fully saturated rings. The Kier molecular flexibility index (Phi) is 10.8. The number of pyridine rings is 1. The maximum atomic E-state index is 5.48. The molecule has 1 heterocycles. The van der Waals surface area contributed by atoms with Gasteiger partial charge in [0.15, 0.2) is 5.96 Å². The van der Waals surface area contributed by atoms with Gasteiger partial charge in [-0.2, -0.15) is 0 Å². The number of hydrogen-bond acceptors (Lipinski definition) is 4. The summed E-state index contributed by atoms with van der Waals surface area (Å²) in [7, 11) is 5.15. The molecule has 0 amide bonds. The lowest BCUT2D eigenvalue weighted by atomic mass is 9.98. The number of rotatable bonds is 8. The van der Waals surface area contributed by atoms with Crippen LogP contribution in [0.5, 0.6) is 11.5 Å². The second-order valence-corrected chi connectivity index (χ2v) is 6.86. The van der Waals surface area contributed by atoms with Crippen LogP contribution in [0.25, 0.3) is 0 Å². The molecule has 1 aromatic carbocycles. The third kappa shape index (κ3) is 7.06. The molecule has 1 atom stereocenters. The summed E-state index contributed by atoms with van der Waals surface area (Å²) in [6, 6.07) is 8.25. The summed E-state index contributed by atoms with van der Waals surface area (Å²) in [5.74, 6) is 2.99. The number of nitrogens with one attached hydrogen (secondary N) is 2. The van der Waals surface area contributed by atoms with Gasteiger partial charge in [0.25, 0.3) is 0 Å². The van der Waals surface area contributed by atoms with Crippen LogP contribution in [0.1, 0.15) is 41.6 Å². The van der Waals surface area contributed by atoms with Crippen LogP contribution >= 0.6 is 24.0 Å². The molecule has 2 aromatic rings. The van der Waals surface area contributed by atoms with Gasteiger partial charge >= 0.3 is 0 Å². The number of halogens is 1. The largest absolute Gasteiger partial charge is 0.497 e. The van der Waals surface area contributed by atoms with Crippen molar-refractivity contribution in [1.82, 2.24) is 15.6 Å². The predicted molar refractivity (Wildman–Crippen MR) is 130 cm³/mol. The van der Waals surface area contributed by atoms with Gasteiger partial charge in [-0.05, 0) is 43.9 Å². The molecule has 0 aliphatic carbocycles. The molecule has 0 saturated carbocycles. The Bertz CT molecular complexity index is 794. The predicted octanol–water partition coefficient (Wildman–Crippen LogP) is 4.19. The molecule has 0 spiro atoms. The van der Waals surface area contributed by atoms with Crippen molar-refractivity contribution in [2.24, 2.45) is 4.99 Å². The third-order valence-corrected chi connectivity index (χ3v) is 4.95. The Morgan fingerprint density at radius 1 is 1.10 bits per heavy atom. The van der Waals surface area contributed by atoms with E-state index in [2.05, 4.69) is 39.7 Å². The minimum Gasteiger partial charge on any atom is -0.497 e. The number of aliphatic imine (C=N–C) groups is 1. The molecule has 29 heavy (non-hydrogen) atoms. The molecular formula is C22H33IN4O2. The summed E-state index contributed by atoms with van der Waals surface area (Å²) in [5, 5.41) is 6.71. The van der Waals surface area contributed by atoms with Crippen molar-refractivity contribution in [1.29, 1.82) is 0 Å². The molecular weight excluding hydrogens is 479 g/mol. The molecule has 160 valence electrons. The van der Waals surface area contributed by atoms with E-state index in [1.54, 1.807) is 21.3 Å². The van der Waals surface area contributed by atoms with Crippen LogP contribution in [0.15, 0.2) is 35.5 Å². The number of aromatic nitrogens is 1. The fraction of sp³-hybridized carbons (Fsp3) is 0.455. The molecule has 6 nitrogen and oxygen atoms in total. The second kappa shape index (κ2) is 12.5. The Morgan fingerprint density at radius 3 is 2.38 bits per heavy atom. The van der Waals surface area contributed by atoms with Crippen molar-refractivity contribution < 1.29 is 9.47 Å². The second-order valence-electron chi connectivity index (χ2n) is 6.86. The number of aryl methyl sites for hydroxylation is 1. The maximum absolute atomic E-state index is 5.48. The van der Waals surface area contributed by atoms with E-state index < -0.39 is 0 Å². The normalized spacial score (nSPS) is 12.0. The van der Waals surface area contributed by atoms with E-state index in [1.165, 1.54) is 5.56 Å². The number of guanidine groups is 1. The van der Waals surface area contributed by atoms with Crippen molar-refractivity contribution >= 4 is 29.9 Å². The van der Waals surface area contributed by atoms with Gasteiger partial charge in [0, 0.05) is 30.9 Å². The molecule has 0 aliphatic heterocycles. The number of ether oxygens (including phenoxy) is 2. The Morgan fingerprint density at radius 2 is 1.79 bits per heavy atom. The Balaban J connectivity index is 0.00000420. The summed E-state index contributed by atoms with van der Waals surface area (Å²) in [4.78, 5) is 8.82. The van der Waals surface area contributed by atoms with E-state index >= 15 is 0 Å². The smallest absolute Gasteiger partial charge is 0.191 e. The van der Waals surface area contributed by atoms with Crippen molar-refractivity contribution in [3.63, 3.8) is 0 Å². The van der Waals surface area contributed by atoms with Gasteiger partial charge in [0.05, 0.1) is 26.5 Å². The lowest BCUT2D eigenvalue weighted by molar-refractivity contribution is 0.406. The highest BCUT2D eigenvalue weighted by molar-refractivity contribution is 14.0. The van der Waals surface area contributed by atoms with Crippen molar-refractivity contribution in [2.45, 2.75) is 39.7 Å². The average molecular weight is 512 g/mol. The first kappa shape index (κ1) is 25.0. The highest BCUT2D eigenvalue weighted by atomic mass is 127. The molecule has 0 radical (unpaired) electrons. The van der Waals surface area contributed by atoms with Crippen LogP contribution in [-0.2, 0) is 6.54 Å². The van der Waals surface area contributed by atoms with Gasteiger partial charge in [0.1, 0.15) is 11.5 Å². The van der Waals surface area contributed by atoms with Crippen molar-refractivity contribution in [2.75, 3.05) is 27.8 Å². The van der Waals surface area contributed by atoms with Crippen LogP contribution in [-0.4, -0.2) is 38.8 Å². The van der Waals surface area contributed by atoms with Crippen LogP contribution in [0.2, 0.25) is 0 Å². The minimum atomic E-state index is 0.